The van der Waals surface area contributed by atoms with Crippen LogP contribution in [0.3, 0.4) is 0 Å². The van der Waals surface area contributed by atoms with Gasteiger partial charge in [0.2, 0.25) is 5.91 Å². The summed E-state index contributed by atoms with van der Waals surface area (Å²) in [6, 6.07) is 30.4. The van der Waals surface area contributed by atoms with Gasteiger partial charge in [-0.05, 0) is 86.8 Å². The lowest BCUT2D eigenvalue weighted by molar-refractivity contribution is -0.127. The highest BCUT2D eigenvalue weighted by Gasteiger charge is 2.26. The average molecular weight is 494 g/mol. The van der Waals surface area contributed by atoms with E-state index in [-0.39, 0.29) is 17.9 Å². The lowest BCUT2D eigenvalue weighted by Gasteiger charge is -2.32. The molecule has 5 rings (SSSR count). The van der Waals surface area contributed by atoms with Crippen molar-refractivity contribution < 1.29 is 4.79 Å². The Hall–Kier alpha value is -3.37. The summed E-state index contributed by atoms with van der Waals surface area (Å²) in [4.78, 5) is 15.5. The molecular weight excluding hydrogens is 454 g/mol. The number of nitrogens with one attached hydrogen (secondary N) is 1. The quantitative estimate of drug-likeness (QED) is 0.295. The molecule has 3 aromatic carbocycles. The van der Waals surface area contributed by atoms with Crippen LogP contribution >= 0.6 is 0 Å². The first-order valence-corrected chi connectivity index (χ1v) is 13.7. The van der Waals surface area contributed by atoms with Crippen molar-refractivity contribution in [3.8, 4) is 0 Å². The first-order chi connectivity index (χ1) is 18.1. The minimum Gasteiger partial charge on any atom is -0.353 e. The van der Waals surface area contributed by atoms with Crippen molar-refractivity contribution in [3.05, 3.63) is 107 Å². The van der Waals surface area contributed by atoms with Gasteiger partial charge in [0.15, 0.2) is 0 Å². The van der Waals surface area contributed by atoms with Crippen LogP contribution in [0.1, 0.15) is 48.6 Å². The van der Waals surface area contributed by atoms with Crippen LogP contribution in [0.25, 0.3) is 10.9 Å². The zero-order valence-electron chi connectivity index (χ0n) is 22.2. The van der Waals surface area contributed by atoms with Crippen LogP contribution in [-0.2, 0) is 24.3 Å². The van der Waals surface area contributed by atoms with E-state index in [0.717, 1.165) is 51.9 Å². The minimum atomic E-state index is 0.119. The van der Waals surface area contributed by atoms with E-state index in [0.29, 0.717) is 0 Å². The number of amides is 1. The number of piperidine rings is 1. The molecule has 1 amide bonds. The Kier molecular flexibility index (Phi) is 8.05. The number of hydrogen-bond acceptors (Lipinski definition) is 2. The third-order valence-corrected chi connectivity index (χ3v) is 7.93. The fourth-order valence-electron chi connectivity index (χ4n) is 5.59. The molecule has 1 N–H and O–H groups in total. The number of carbonyl (C=O) groups excluding carboxylic acids is 1. The van der Waals surface area contributed by atoms with Crippen molar-refractivity contribution in [2.24, 2.45) is 5.92 Å². The van der Waals surface area contributed by atoms with Gasteiger partial charge >= 0.3 is 0 Å². The van der Waals surface area contributed by atoms with Gasteiger partial charge in [-0.1, -0.05) is 72.8 Å². The highest BCUT2D eigenvalue weighted by atomic mass is 16.1. The molecule has 0 spiro atoms. The molecule has 4 nitrogen and oxygen atoms in total. The van der Waals surface area contributed by atoms with Crippen LogP contribution in [0.2, 0.25) is 0 Å². The van der Waals surface area contributed by atoms with Crippen molar-refractivity contribution in [1.29, 1.82) is 0 Å². The second kappa shape index (κ2) is 11.8. The maximum Gasteiger partial charge on any atom is 0.223 e. The lowest BCUT2D eigenvalue weighted by Crippen LogP contribution is -2.43. The van der Waals surface area contributed by atoms with Crippen molar-refractivity contribution in [2.75, 3.05) is 13.1 Å². The van der Waals surface area contributed by atoms with Gasteiger partial charge in [-0.3, -0.25) is 9.69 Å². The zero-order chi connectivity index (χ0) is 25.6. The molecule has 1 aliphatic rings. The monoisotopic (exact) mass is 493 g/mol. The van der Waals surface area contributed by atoms with E-state index >= 15 is 0 Å². The largest absolute Gasteiger partial charge is 0.353 e. The van der Waals surface area contributed by atoms with Crippen molar-refractivity contribution in [2.45, 2.75) is 58.7 Å². The van der Waals surface area contributed by atoms with Crippen molar-refractivity contribution in [1.82, 2.24) is 14.8 Å². The molecule has 37 heavy (non-hydrogen) atoms. The molecular formula is C33H39N3O. The smallest absolute Gasteiger partial charge is 0.223 e. The standard InChI is InChI=1S/C33H39N3O/c1-25-10-6-7-14-30(25)23-36-31(22-29-13-8-9-15-32(29)36)24-35-20-18-28(19-21-35)33(37)34-26(2)16-17-27-11-4-3-5-12-27/h3-15,22,26,28H,16-21,23-24H2,1-2H3,(H,34,37). The summed E-state index contributed by atoms with van der Waals surface area (Å²) in [5.41, 5.74) is 6.66. The number of fused-ring (bicyclic) bond motifs is 1. The predicted molar refractivity (Wildman–Crippen MR) is 153 cm³/mol. The van der Waals surface area contributed by atoms with E-state index in [2.05, 4.69) is 107 Å². The summed E-state index contributed by atoms with van der Waals surface area (Å²) < 4.78 is 2.48. The van der Waals surface area contributed by atoms with Crippen LogP contribution < -0.4 is 5.32 Å². The van der Waals surface area contributed by atoms with Gasteiger partial charge in [0.1, 0.15) is 0 Å². The third-order valence-electron chi connectivity index (χ3n) is 7.93. The summed E-state index contributed by atoms with van der Waals surface area (Å²) in [6.45, 7) is 8.05. The Bertz CT molecular complexity index is 1320. The number of para-hydroxylation sites is 1. The highest BCUT2D eigenvalue weighted by Crippen LogP contribution is 2.26. The number of benzene rings is 3. The topological polar surface area (TPSA) is 37.3 Å². The summed E-state index contributed by atoms with van der Waals surface area (Å²) >= 11 is 0. The molecule has 0 saturated carbocycles. The molecule has 1 aliphatic heterocycles. The fraction of sp³-hybridized carbons (Fsp3) is 0.364. The molecule has 1 atom stereocenters. The van der Waals surface area contributed by atoms with E-state index in [4.69, 9.17) is 0 Å². The summed E-state index contributed by atoms with van der Waals surface area (Å²) in [5.74, 6) is 0.349. The van der Waals surface area contributed by atoms with Crippen LogP contribution in [0.5, 0.6) is 0 Å². The molecule has 1 aromatic heterocycles. The summed E-state index contributed by atoms with van der Waals surface area (Å²) in [5, 5.41) is 4.58. The number of hydrogen-bond donors (Lipinski definition) is 1. The van der Waals surface area contributed by atoms with E-state index in [9.17, 15) is 4.79 Å². The molecule has 1 saturated heterocycles. The molecule has 192 valence electrons. The van der Waals surface area contributed by atoms with Gasteiger partial charge in [0, 0.05) is 36.3 Å². The van der Waals surface area contributed by atoms with Gasteiger partial charge < -0.3 is 9.88 Å². The number of nitrogens with zero attached hydrogens (tertiary/aromatic N) is 2. The fourth-order valence-corrected chi connectivity index (χ4v) is 5.59. The van der Waals surface area contributed by atoms with Crippen LogP contribution in [0.15, 0.2) is 84.9 Å². The lowest BCUT2D eigenvalue weighted by atomic mass is 9.95. The number of likely N-dealkylation sites (tertiary alicyclic amines) is 1. The van der Waals surface area contributed by atoms with Crippen molar-refractivity contribution >= 4 is 16.8 Å². The second-order valence-corrected chi connectivity index (χ2v) is 10.7. The predicted octanol–water partition coefficient (Wildman–Crippen LogP) is 6.35. The maximum atomic E-state index is 13.0. The molecule has 0 bridgehead atoms. The molecule has 4 aromatic rings. The van der Waals surface area contributed by atoms with Gasteiger partial charge in [-0.15, -0.1) is 0 Å². The normalized spacial score (nSPS) is 15.6. The zero-order valence-corrected chi connectivity index (χ0v) is 22.2. The van der Waals surface area contributed by atoms with Crippen LogP contribution in [0, 0.1) is 12.8 Å². The third kappa shape index (κ3) is 6.31. The molecule has 4 heteroatoms. The van der Waals surface area contributed by atoms with Gasteiger partial charge in [-0.25, -0.2) is 0 Å². The van der Waals surface area contributed by atoms with E-state index in [1.807, 2.05) is 6.07 Å². The van der Waals surface area contributed by atoms with E-state index in [1.54, 1.807) is 0 Å². The maximum absolute atomic E-state index is 13.0. The number of aryl methyl sites for hydroxylation is 2. The second-order valence-electron chi connectivity index (χ2n) is 10.7. The Morgan fingerprint density at radius 1 is 0.919 bits per heavy atom. The molecule has 0 radical (unpaired) electrons. The Balaban J connectivity index is 1.17. The molecule has 0 aliphatic carbocycles. The van der Waals surface area contributed by atoms with Crippen LogP contribution in [0.4, 0.5) is 0 Å². The number of carbonyl (C=O) groups is 1. The summed E-state index contributed by atoms with van der Waals surface area (Å²) in [7, 11) is 0. The number of rotatable bonds is 9. The molecule has 1 fully saturated rings. The van der Waals surface area contributed by atoms with Crippen LogP contribution in [-0.4, -0.2) is 34.5 Å². The van der Waals surface area contributed by atoms with Gasteiger partial charge in [-0.2, -0.15) is 0 Å². The molecule has 2 heterocycles. The van der Waals surface area contributed by atoms with E-state index < -0.39 is 0 Å². The highest BCUT2D eigenvalue weighted by molar-refractivity contribution is 5.81. The van der Waals surface area contributed by atoms with Crippen molar-refractivity contribution in [3.63, 3.8) is 0 Å². The Labute approximate surface area is 221 Å². The van der Waals surface area contributed by atoms with Gasteiger partial charge in [0.05, 0.1) is 0 Å². The SMILES string of the molecule is Cc1ccccc1Cn1c(CN2CCC(C(=O)NC(C)CCc3ccccc3)CC2)cc2ccccc21. The van der Waals surface area contributed by atoms with E-state index in [1.165, 1.54) is 33.3 Å². The number of aromatic nitrogens is 1. The Morgan fingerprint density at radius 2 is 1.62 bits per heavy atom. The first-order valence-electron chi connectivity index (χ1n) is 13.7. The average Bonchev–Trinajstić information content (AvgIpc) is 3.26. The first kappa shape index (κ1) is 25.3. The summed E-state index contributed by atoms with van der Waals surface area (Å²) in [6.07, 6.45) is 3.82. The van der Waals surface area contributed by atoms with Gasteiger partial charge in [0.25, 0.3) is 0 Å². The molecule has 1 unspecified atom stereocenters. The Morgan fingerprint density at radius 3 is 2.41 bits per heavy atom. The minimum absolute atomic E-state index is 0.119.